The van der Waals surface area contributed by atoms with Crippen LogP contribution in [0.5, 0.6) is 0 Å². The van der Waals surface area contributed by atoms with Gasteiger partial charge in [0, 0.05) is 24.2 Å². The van der Waals surface area contributed by atoms with E-state index in [2.05, 4.69) is 17.2 Å². The number of carbonyl (C=O) groups is 1. The van der Waals surface area contributed by atoms with Crippen molar-refractivity contribution < 1.29 is 13.9 Å². The lowest BCUT2D eigenvalue weighted by Crippen LogP contribution is -2.05. The molecule has 2 rings (SSSR count). The van der Waals surface area contributed by atoms with Gasteiger partial charge in [0.15, 0.2) is 0 Å². The third kappa shape index (κ3) is 10.7. The summed E-state index contributed by atoms with van der Waals surface area (Å²) in [6.45, 7) is 3.15. The molecule has 0 spiro atoms. The third-order valence-electron chi connectivity index (χ3n) is 5.03. The SMILES string of the molecule is CCOC(=O)c1ccc(NCCCCCCCCCCC#Cc2ccc(F)cc2)cc1. The summed E-state index contributed by atoms with van der Waals surface area (Å²) in [6, 6.07) is 13.8. The minimum Gasteiger partial charge on any atom is -0.462 e. The first-order valence-corrected chi connectivity index (χ1v) is 11.4. The minimum atomic E-state index is -0.271. The number of unbranched alkanes of at least 4 members (excludes halogenated alkanes) is 8. The molecule has 0 bridgehead atoms. The predicted molar refractivity (Wildman–Crippen MR) is 126 cm³/mol. The summed E-state index contributed by atoms with van der Waals surface area (Å²) < 4.78 is 17.8. The van der Waals surface area contributed by atoms with Gasteiger partial charge in [0.1, 0.15) is 5.82 Å². The number of hydrogen-bond acceptors (Lipinski definition) is 3. The minimum absolute atomic E-state index is 0.219. The Morgan fingerprint density at radius 2 is 1.48 bits per heavy atom. The van der Waals surface area contributed by atoms with Gasteiger partial charge in [-0.25, -0.2) is 9.18 Å². The van der Waals surface area contributed by atoms with E-state index in [1.807, 2.05) is 19.1 Å². The first-order valence-electron chi connectivity index (χ1n) is 11.4. The second-order valence-electron chi connectivity index (χ2n) is 7.61. The molecule has 0 aliphatic heterocycles. The lowest BCUT2D eigenvalue weighted by atomic mass is 10.1. The van der Waals surface area contributed by atoms with Crippen LogP contribution in [0.2, 0.25) is 0 Å². The molecule has 0 aliphatic carbocycles. The Morgan fingerprint density at radius 1 is 0.871 bits per heavy atom. The number of benzene rings is 2. The molecule has 0 saturated heterocycles. The largest absolute Gasteiger partial charge is 0.462 e. The van der Waals surface area contributed by atoms with Crippen LogP contribution in [0, 0.1) is 17.7 Å². The van der Waals surface area contributed by atoms with Crippen molar-refractivity contribution in [2.24, 2.45) is 0 Å². The maximum absolute atomic E-state index is 12.8. The topological polar surface area (TPSA) is 38.3 Å². The first-order chi connectivity index (χ1) is 15.2. The van der Waals surface area contributed by atoms with Crippen molar-refractivity contribution in [1.82, 2.24) is 0 Å². The van der Waals surface area contributed by atoms with E-state index in [0.29, 0.717) is 12.2 Å². The van der Waals surface area contributed by atoms with Crippen LogP contribution in [-0.4, -0.2) is 19.1 Å². The van der Waals surface area contributed by atoms with E-state index in [4.69, 9.17) is 4.74 Å². The number of halogens is 1. The summed E-state index contributed by atoms with van der Waals surface area (Å²) in [4.78, 5) is 11.6. The summed E-state index contributed by atoms with van der Waals surface area (Å²) in [5.41, 5.74) is 2.51. The maximum Gasteiger partial charge on any atom is 0.338 e. The maximum atomic E-state index is 12.8. The molecular weight excluding hydrogens is 389 g/mol. The molecule has 0 fully saturated rings. The number of carbonyl (C=O) groups excluding carboxylic acids is 1. The highest BCUT2D eigenvalue weighted by atomic mass is 19.1. The molecule has 31 heavy (non-hydrogen) atoms. The van der Waals surface area contributed by atoms with Gasteiger partial charge in [-0.2, -0.15) is 0 Å². The zero-order chi connectivity index (χ0) is 22.2. The van der Waals surface area contributed by atoms with Gasteiger partial charge in [0.2, 0.25) is 0 Å². The fourth-order valence-corrected chi connectivity index (χ4v) is 3.27. The van der Waals surface area contributed by atoms with Gasteiger partial charge >= 0.3 is 5.97 Å². The zero-order valence-corrected chi connectivity index (χ0v) is 18.6. The Hall–Kier alpha value is -2.80. The molecule has 0 saturated carbocycles. The quantitative estimate of drug-likeness (QED) is 0.215. The molecule has 0 aromatic heterocycles. The van der Waals surface area contributed by atoms with E-state index in [-0.39, 0.29) is 11.8 Å². The van der Waals surface area contributed by atoms with Crippen molar-refractivity contribution in [1.29, 1.82) is 0 Å². The van der Waals surface area contributed by atoms with Gasteiger partial charge in [-0.05, 0) is 68.3 Å². The highest BCUT2D eigenvalue weighted by Gasteiger charge is 2.05. The van der Waals surface area contributed by atoms with Crippen molar-refractivity contribution in [3.8, 4) is 11.8 Å². The Labute approximate surface area is 186 Å². The molecule has 2 aromatic carbocycles. The van der Waals surface area contributed by atoms with Crippen molar-refractivity contribution in [3.63, 3.8) is 0 Å². The fraction of sp³-hybridized carbons (Fsp3) is 0.444. The van der Waals surface area contributed by atoms with Gasteiger partial charge in [0.25, 0.3) is 0 Å². The first kappa shape index (κ1) is 24.5. The normalized spacial score (nSPS) is 10.3. The molecule has 2 aromatic rings. The number of rotatable bonds is 13. The second-order valence-corrected chi connectivity index (χ2v) is 7.61. The lowest BCUT2D eigenvalue weighted by molar-refractivity contribution is 0.0526. The summed E-state index contributed by atoms with van der Waals surface area (Å²) in [5.74, 6) is 5.77. The van der Waals surface area contributed by atoms with Crippen LogP contribution < -0.4 is 5.32 Å². The predicted octanol–water partition coefficient (Wildman–Crippen LogP) is 6.98. The average Bonchev–Trinajstić information content (AvgIpc) is 2.78. The van der Waals surface area contributed by atoms with Crippen LogP contribution in [0.4, 0.5) is 10.1 Å². The molecule has 3 nitrogen and oxygen atoms in total. The summed E-state index contributed by atoms with van der Waals surface area (Å²) >= 11 is 0. The van der Waals surface area contributed by atoms with Crippen LogP contribution in [0.15, 0.2) is 48.5 Å². The van der Waals surface area contributed by atoms with Gasteiger partial charge in [-0.15, -0.1) is 0 Å². The number of anilines is 1. The summed E-state index contributed by atoms with van der Waals surface area (Å²) in [5, 5.41) is 3.40. The standard InChI is InChI=1S/C27H34FNO2/c1-2-31-27(30)24-16-20-26(21-17-24)29-22-12-10-8-6-4-3-5-7-9-11-13-23-14-18-25(28)19-15-23/h14-21,29H,2-10,12,22H2,1H3. The van der Waals surface area contributed by atoms with E-state index in [0.717, 1.165) is 37.1 Å². The molecule has 166 valence electrons. The lowest BCUT2D eigenvalue weighted by Gasteiger charge is -2.07. The zero-order valence-electron chi connectivity index (χ0n) is 18.6. The van der Waals surface area contributed by atoms with Crippen LogP contribution in [0.25, 0.3) is 0 Å². The summed E-state index contributed by atoms with van der Waals surface area (Å²) in [6.07, 6.45) is 10.8. The van der Waals surface area contributed by atoms with Gasteiger partial charge in [-0.3, -0.25) is 0 Å². The fourth-order valence-electron chi connectivity index (χ4n) is 3.27. The molecule has 0 aliphatic rings. The number of esters is 1. The second kappa shape index (κ2) is 15.1. The molecule has 0 unspecified atom stereocenters. The van der Waals surface area contributed by atoms with Crippen LogP contribution in [0.1, 0.15) is 80.6 Å². The van der Waals surface area contributed by atoms with E-state index in [1.165, 1.54) is 50.7 Å². The van der Waals surface area contributed by atoms with Crippen molar-refractivity contribution in [3.05, 3.63) is 65.5 Å². The van der Waals surface area contributed by atoms with E-state index < -0.39 is 0 Å². The Bertz CT molecular complexity index is 819. The monoisotopic (exact) mass is 423 g/mol. The highest BCUT2D eigenvalue weighted by Crippen LogP contribution is 2.12. The molecule has 0 heterocycles. The van der Waals surface area contributed by atoms with Crippen LogP contribution in [0.3, 0.4) is 0 Å². The molecule has 0 radical (unpaired) electrons. The average molecular weight is 424 g/mol. The van der Waals surface area contributed by atoms with Crippen molar-refractivity contribution >= 4 is 11.7 Å². The van der Waals surface area contributed by atoms with Gasteiger partial charge in [-0.1, -0.05) is 50.4 Å². The van der Waals surface area contributed by atoms with E-state index >= 15 is 0 Å². The van der Waals surface area contributed by atoms with Crippen molar-refractivity contribution in [2.75, 3.05) is 18.5 Å². The third-order valence-corrected chi connectivity index (χ3v) is 5.03. The molecular formula is C27H34FNO2. The van der Waals surface area contributed by atoms with Crippen LogP contribution in [-0.2, 0) is 4.74 Å². The number of ether oxygens (including phenoxy) is 1. The van der Waals surface area contributed by atoms with Crippen LogP contribution >= 0.6 is 0 Å². The molecule has 0 amide bonds. The number of nitrogens with one attached hydrogen (secondary N) is 1. The molecule has 0 atom stereocenters. The smallest absolute Gasteiger partial charge is 0.338 e. The highest BCUT2D eigenvalue weighted by molar-refractivity contribution is 5.89. The Morgan fingerprint density at radius 3 is 2.13 bits per heavy atom. The van der Waals surface area contributed by atoms with Gasteiger partial charge < -0.3 is 10.1 Å². The molecule has 4 heteroatoms. The van der Waals surface area contributed by atoms with E-state index in [9.17, 15) is 9.18 Å². The van der Waals surface area contributed by atoms with Gasteiger partial charge in [0.05, 0.1) is 12.2 Å². The number of hydrogen-bond donors (Lipinski definition) is 1. The van der Waals surface area contributed by atoms with Crippen molar-refractivity contribution in [2.45, 2.75) is 64.7 Å². The Kier molecular flexibility index (Phi) is 11.9. The molecule has 1 N–H and O–H groups in total. The Balaban J connectivity index is 1.41. The van der Waals surface area contributed by atoms with E-state index in [1.54, 1.807) is 24.3 Å². The summed E-state index contributed by atoms with van der Waals surface area (Å²) in [7, 11) is 0.